The Kier molecular flexibility index (Phi) is 3.51. The Morgan fingerprint density at radius 3 is 2.48 bits per heavy atom. The molecule has 0 atom stereocenters. The van der Waals surface area contributed by atoms with Crippen LogP contribution in [0.15, 0.2) is 51.8 Å². The molecule has 118 valence electrons. The average molecular weight is 333 g/mol. The molecule has 4 N–H and O–H groups in total. The van der Waals surface area contributed by atoms with E-state index in [0.717, 1.165) is 0 Å². The van der Waals surface area contributed by atoms with Gasteiger partial charge >= 0.3 is 5.97 Å². The minimum Gasteiger partial charge on any atom is -0.478 e. The summed E-state index contributed by atoms with van der Waals surface area (Å²) in [5, 5.41) is 16.8. The number of aromatic nitrogens is 1. The summed E-state index contributed by atoms with van der Waals surface area (Å²) in [6, 6.07) is 10.2. The van der Waals surface area contributed by atoms with Crippen molar-refractivity contribution >= 4 is 38.8 Å². The van der Waals surface area contributed by atoms with Crippen molar-refractivity contribution in [3.63, 3.8) is 0 Å². The molecular weight excluding hydrogens is 322 g/mol. The van der Waals surface area contributed by atoms with E-state index in [9.17, 15) is 13.2 Å². The van der Waals surface area contributed by atoms with Gasteiger partial charge in [-0.25, -0.2) is 18.4 Å². The molecular formula is C14H11N3O5S. The molecule has 3 rings (SSSR count). The first-order valence-corrected chi connectivity index (χ1v) is 7.91. The number of hydrogen-bond acceptors (Lipinski definition) is 6. The topological polar surface area (TPSA) is 136 Å². The van der Waals surface area contributed by atoms with Crippen LogP contribution < -0.4 is 10.5 Å². The molecule has 0 spiro atoms. The molecule has 1 aromatic heterocycles. The Labute approximate surface area is 130 Å². The van der Waals surface area contributed by atoms with Crippen molar-refractivity contribution in [2.75, 3.05) is 5.32 Å². The second-order valence-corrected chi connectivity index (χ2v) is 6.26. The number of sulfonamides is 1. The lowest BCUT2D eigenvalue weighted by atomic mass is 10.2. The number of primary sulfonamides is 1. The normalized spacial score (nSPS) is 11.5. The molecule has 1 heterocycles. The quantitative estimate of drug-likeness (QED) is 0.663. The van der Waals surface area contributed by atoms with Gasteiger partial charge in [-0.05, 0) is 42.5 Å². The molecule has 0 aliphatic carbocycles. The van der Waals surface area contributed by atoms with E-state index in [0.29, 0.717) is 16.8 Å². The number of aromatic carboxylic acids is 1. The minimum absolute atomic E-state index is 0.0596. The van der Waals surface area contributed by atoms with E-state index in [2.05, 4.69) is 10.3 Å². The number of fused-ring (bicyclic) bond motifs is 1. The van der Waals surface area contributed by atoms with Gasteiger partial charge in [0.2, 0.25) is 10.0 Å². The predicted octanol–water partition coefficient (Wildman–Crippen LogP) is 1.92. The van der Waals surface area contributed by atoms with Crippen molar-refractivity contribution in [1.82, 2.24) is 4.98 Å². The Bertz CT molecular complexity index is 993. The molecule has 9 heteroatoms. The van der Waals surface area contributed by atoms with Gasteiger partial charge in [0.25, 0.3) is 6.01 Å². The molecule has 0 fully saturated rings. The summed E-state index contributed by atoms with van der Waals surface area (Å²) in [6.45, 7) is 0. The van der Waals surface area contributed by atoms with E-state index in [1.54, 1.807) is 12.1 Å². The molecule has 0 bridgehead atoms. The molecule has 0 saturated carbocycles. The summed E-state index contributed by atoms with van der Waals surface area (Å²) in [4.78, 5) is 14.9. The van der Waals surface area contributed by atoms with Crippen LogP contribution >= 0.6 is 0 Å². The van der Waals surface area contributed by atoms with Gasteiger partial charge < -0.3 is 14.8 Å². The maximum Gasteiger partial charge on any atom is 0.335 e. The van der Waals surface area contributed by atoms with Crippen molar-refractivity contribution in [1.29, 1.82) is 0 Å². The third-order valence-corrected chi connectivity index (χ3v) is 3.98. The number of carboxylic acids is 1. The zero-order valence-electron chi connectivity index (χ0n) is 11.6. The van der Waals surface area contributed by atoms with Gasteiger partial charge in [0.05, 0.1) is 10.5 Å². The van der Waals surface area contributed by atoms with E-state index in [4.69, 9.17) is 14.7 Å². The largest absolute Gasteiger partial charge is 0.478 e. The van der Waals surface area contributed by atoms with E-state index in [1.807, 2.05) is 0 Å². The fourth-order valence-electron chi connectivity index (χ4n) is 1.96. The molecule has 8 nitrogen and oxygen atoms in total. The van der Waals surface area contributed by atoms with Gasteiger partial charge in [-0.1, -0.05) is 0 Å². The maximum absolute atomic E-state index is 11.3. The number of oxazole rings is 1. The minimum atomic E-state index is -3.81. The number of nitrogens with zero attached hydrogens (tertiary/aromatic N) is 1. The molecule has 0 saturated heterocycles. The summed E-state index contributed by atoms with van der Waals surface area (Å²) in [6.07, 6.45) is 0. The summed E-state index contributed by atoms with van der Waals surface area (Å²) in [7, 11) is -3.81. The Morgan fingerprint density at radius 2 is 1.87 bits per heavy atom. The molecule has 2 aromatic carbocycles. The van der Waals surface area contributed by atoms with Crippen molar-refractivity contribution in [2.24, 2.45) is 5.14 Å². The number of nitrogens with one attached hydrogen (secondary N) is 1. The van der Waals surface area contributed by atoms with Crippen molar-refractivity contribution in [3.05, 3.63) is 48.0 Å². The highest BCUT2D eigenvalue weighted by Crippen LogP contribution is 2.24. The molecule has 3 aromatic rings. The first kappa shape index (κ1) is 15.0. The first-order chi connectivity index (χ1) is 10.8. The number of rotatable bonds is 4. The summed E-state index contributed by atoms with van der Waals surface area (Å²) in [5.74, 6) is -1.02. The number of hydrogen-bond donors (Lipinski definition) is 3. The second-order valence-electron chi connectivity index (χ2n) is 4.70. The van der Waals surface area contributed by atoms with Crippen LogP contribution in [0.1, 0.15) is 10.4 Å². The number of benzene rings is 2. The van der Waals surface area contributed by atoms with Crippen molar-refractivity contribution < 1.29 is 22.7 Å². The lowest BCUT2D eigenvalue weighted by Crippen LogP contribution is -2.11. The van der Waals surface area contributed by atoms with Gasteiger partial charge in [0.1, 0.15) is 5.52 Å². The predicted molar refractivity (Wildman–Crippen MR) is 82.1 cm³/mol. The van der Waals surface area contributed by atoms with Crippen LogP contribution in [0.5, 0.6) is 0 Å². The van der Waals surface area contributed by atoms with Gasteiger partial charge in [-0.2, -0.15) is 4.98 Å². The van der Waals surface area contributed by atoms with E-state index in [1.165, 1.54) is 30.3 Å². The average Bonchev–Trinajstić information content (AvgIpc) is 2.88. The fourth-order valence-corrected chi connectivity index (χ4v) is 2.49. The van der Waals surface area contributed by atoms with Crippen molar-refractivity contribution in [2.45, 2.75) is 4.90 Å². The Morgan fingerprint density at radius 1 is 1.17 bits per heavy atom. The van der Waals surface area contributed by atoms with Crippen LogP contribution in [0.2, 0.25) is 0 Å². The van der Waals surface area contributed by atoms with Gasteiger partial charge in [-0.15, -0.1) is 0 Å². The van der Waals surface area contributed by atoms with Crippen LogP contribution in [-0.4, -0.2) is 24.5 Å². The SMILES string of the molecule is NS(=O)(=O)c1ccc2oc(Nc3ccc(C(=O)O)cc3)nc2c1. The monoisotopic (exact) mass is 333 g/mol. The molecule has 0 aliphatic rings. The lowest BCUT2D eigenvalue weighted by Gasteiger charge is -2.01. The van der Waals surface area contributed by atoms with Crippen LogP contribution in [0, 0.1) is 0 Å². The fraction of sp³-hybridized carbons (Fsp3) is 0. The maximum atomic E-state index is 11.3. The highest BCUT2D eigenvalue weighted by atomic mass is 32.2. The van der Waals surface area contributed by atoms with Crippen LogP contribution in [0.4, 0.5) is 11.7 Å². The number of anilines is 2. The van der Waals surface area contributed by atoms with Gasteiger partial charge in [-0.3, -0.25) is 0 Å². The van der Waals surface area contributed by atoms with E-state index < -0.39 is 16.0 Å². The van der Waals surface area contributed by atoms with Crippen LogP contribution in [0.25, 0.3) is 11.1 Å². The summed E-state index contributed by atoms with van der Waals surface area (Å²) in [5.41, 5.74) is 1.46. The van der Waals surface area contributed by atoms with Gasteiger partial charge in [0.15, 0.2) is 5.58 Å². The zero-order valence-corrected chi connectivity index (χ0v) is 12.4. The second kappa shape index (κ2) is 5.38. The smallest absolute Gasteiger partial charge is 0.335 e. The zero-order chi connectivity index (χ0) is 16.6. The molecule has 0 radical (unpaired) electrons. The third kappa shape index (κ3) is 3.15. The number of nitrogens with two attached hydrogens (primary N) is 1. The number of carbonyl (C=O) groups is 1. The van der Waals surface area contributed by atoms with Crippen LogP contribution in [-0.2, 0) is 10.0 Å². The highest BCUT2D eigenvalue weighted by molar-refractivity contribution is 7.89. The lowest BCUT2D eigenvalue weighted by molar-refractivity contribution is 0.0697. The summed E-state index contributed by atoms with van der Waals surface area (Å²) < 4.78 is 28.1. The van der Waals surface area contributed by atoms with Crippen LogP contribution in [0.3, 0.4) is 0 Å². The first-order valence-electron chi connectivity index (χ1n) is 6.37. The summed E-state index contributed by atoms with van der Waals surface area (Å²) >= 11 is 0. The van der Waals surface area contributed by atoms with E-state index >= 15 is 0 Å². The molecule has 0 unspecified atom stereocenters. The molecule has 0 amide bonds. The standard InChI is InChI=1S/C14H11N3O5S/c15-23(20,21)10-5-6-12-11(7-10)17-14(22-12)16-9-3-1-8(2-4-9)13(18)19/h1-7H,(H,16,17)(H,18,19)(H2,15,20,21). The third-order valence-electron chi connectivity index (χ3n) is 3.07. The number of carboxylic acid groups (broad SMARTS) is 1. The van der Waals surface area contributed by atoms with E-state index in [-0.39, 0.29) is 16.5 Å². The van der Waals surface area contributed by atoms with Crippen molar-refractivity contribution in [3.8, 4) is 0 Å². The van der Waals surface area contributed by atoms with Gasteiger partial charge in [0, 0.05) is 5.69 Å². The Hall–Kier alpha value is -2.91. The Balaban J connectivity index is 1.90. The molecule has 0 aliphatic heterocycles. The molecule has 23 heavy (non-hydrogen) atoms. The highest BCUT2D eigenvalue weighted by Gasteiger charge is 2.12.